The van der Waals surface area contributed by atoms with Crippen LogP contribution in [-0.4, -0.2) is 16.9 Å². The van der Waals surface area contributed by atoms with Crippen molar-refractivity contribution in [3.05, 3.63) is 11.6 Å². The van der Waals surface area contributed by atoms with Gasteiger partial charge in [-0.2, -0.15) is 0 Å². The molecule has 2 aliphatic rings. The van der Waals surface area contributed by atoms with E-state index in [0.717, 1.165) is 19.3 Å². The first kappa shape index (κ1) is 10.4. The molecule has 0 aliphatic heterocycles. The fraction of sp³-hybridized carbons (Fsp3) is 0.667. The van der Waals surface area contributed by atoms with Crippen LogP contribution in [0.25, 0.3) is 0 Å². The smallest absolute Gasteiger partial charge is 0.331 e. The summed E-state index contributed by atoms with van der Waals surface area (Å²) in [6.45, 7) is 2.04. The fourth-order valence-corrected chi connectivity index (χ4v) is 2.86. The second-order valence-electron chi connectivity index (χ2n) is 4.55. The lowest BCUT2D eigenvalue weighted by Gasteiger charge is -2.28. The number of fused-ring (bicyclic) bond motifs is 1. The standard InChI is InChI=1S/C12H16O3/c1-2-7-5-9-8(3-4-11(9)13)10(6-7)12(14)15/h6-9H,2-5H2,1H3,(H,14,15)/t7-,8+,9+/m1/s1. The summed E-state index contributed by atoms with van der Waals surface area (Å²) in [5, 5.41) is 9.11. The summed E-state index contributed by atoms with van der Waals surface area (Å²) >= 11 is 0. The van der Waals surface area contributed by atoms with Gasteiger partial charge < -0.3 is 5.11 Å². The molecule has 0 unspecified atom stereocenters. The molecule has 0 spiro atoms. The maximum atomic E-state index is 11.6. The van der Waals surface area contributed by atoms with Gasteiger partial charge in [0.05, 0.1) is 0 Å². The molecule has 0 saturated heterocycles. The second-order valence-corrected chi connectivity index (χ2v) is 4.55. The molecule has 0 bridgehead atoms. The van der Waals surface area contributed by atoms with E-state index >= 15 is 0 Å². The maximum Gasteiger partial charge on any atom is 0.331 e. The number of carboxylic acid groups (broad SMARTS) is 1. The van der Waals surface area contributed by atoms with Crippen LogP contribution in [0.4, 0.5) is 0 Å². The van der Waals surface area contributed by atoms with Crippen molar-refractivity contribution in [3.8, 4) is 0 Å². The minimum Gasteiger partial charge on any atom is -0.478 e. The molecule has 1 fully saturated rings. The lowest BCUT2D eigenvalue weighted by atomic mass is 9.75. The van der Waals surface area contributed by atoms with Crippen molar-refractivity contribution in [2.45, 2.75) is 32.6 Å². The lowest BCUT2D eigenvalue weighted by molar-refractivity contribution is -0.133. The van der Waals surface area contributed by atoms with Crippen LogP contribution in [0.3, 0.4) is 0 Å². The largest absolute Gasteiger partial charge is 0.478 e. The molecule has 2 rings (SSSR count). The van der Waals surface area contributed by atoms with E-state index in [0.29, 0.717) is 12.0 Å². The summed E-state index contributed by atoms with van der Waals surface area (Å²) in [6, 6.07) is 0. The van der Waals surface area contributed by atoms with Crippen LogP contribution >= 0.6 is 0 Å². The molecular weight excluding hydrogens is 192 g/mol. The van der Waals surface area contributed by atoms with Crippen LogP contribution in [0, 0.1) is 17.8 Å². The zero-order valence-corrected chi connectivity index (χ0v) is 8.90. The Labute approximate surface area is 89.2 Å². The summed E-state index contributed by atoms with van der Waals surface area (Å²) < 4.78 is 0. The third kappa shape index (κ3) is 1.71. The Balaban J connectivity index is 2.30. The van der Waals surface area contributed by atoms with Crippen molar-refractivity contribution in [2.24, 2.45) is 17.8 Å². The molecule has 3 heteroatoms. The molecule has 82 valence electrons. The average molecular weight is 208 g/mol. The molecule has 0 heterocycles. The third-order valence-electron chi connectivity index (χ3n) is 3.74. The maximum absolute atomic E-state index is 11.6. The van der Waals surface area contributed by atoms with Gasteiger partial charge in [-0.05, 0) is 25.2 Å². The molecule has 1 saturated carbocycles. The Morgan fingerprint density at radius 1 is 1.53 bits per heavy atom. The van der Waals surface area contributed by atoms with Crippen molar-refractivity contribution >= 4 is 11.8 Å². The lowest BCUT2D eigenvalue weighted by Crippen LogP contribution is -2.27. The Morgan fingerprint density at radius 3 is 2.87 bits per heavy atom. The van der Waals surface area contributed by atoms with E-state index in [1.165, 1.54) is 0 Å². The highest BCUT2D eigenvalue weighted by molar-refractivity contribution is 5.92. The van der Waals surface area contributed by atoms with Crippen LogP contribution in [0.15, 0.2) is 11.6 Å². The molecule has 0 aromatic rings. The number of aliphatic carboxylic acids is 1. The number of rotatable bonds is 2. The quantitative estimate of drug-likeness (QED) is 0.755. The predicted molar refractivity (Wildman–Crippen MR) is 55.3 cm³/mol. The van der Waals surface area contributed by atoms with E-state index in [1.54, 1.807) is 0 Å². The first-order valence-corrected chi connectivity index (χ1v) is 5.61. The van der Waals surface area contributed by atoms with Crippen molar-refractivity contribution in [2.75, 3.05) is 0 Å². The Hall–Kier alpha value is -1.12. The van der Waals surface area contributed by atoms with Gasteiger partial charge in [0.1, 0.15) is 5.78 Å². The topological polar surface area (TPSA) is 54.4 Å². The van der Waals surface area contributed by atoms with E-state index in [1.807, 2.05) is 13.0 Å². The SMILES string of the molecule is CC[C@H]1C=C(C(=O)O)[C@H]2CCC(=O)[C@H]2C1. The van der Waals surface area contributed by atoms with Gasteiger partial charge in [-0.15, -0.1) is 0 Å². The van der Waals surface area contributed by atoms with Crippen molar-refractivity contribution in [1.82, 2.24) is 0 Å². The van der Waals surface area contributed by atoms with Crippen molar-refractivity contribution in [3.63, 3.8) is 0 Å². The van der Waals surface area contributed by atoms with E-state index in [9.17, 15) is 9.59 Å². The Bertz CT molecular complexity index is 330. The Morgan fingerprint density at radius 2 is 2.27 bits per heavy atom. The molecule has 0 amide bonds. The number of carbonyl (C=O) groups is 2. The predicted octanol–water partition coefficient (Wildman–Crippen LogP) is 2.02. The molecule has 0 aromatic heterocycles. The van der Waals surface area contributed by atoms with E-state index < -0.39 is 5.97 Å². The van der Waals surface area contributed by atoms with Gasteiger partial charge in [0.2, 0.25) is 0 Å². The fourth-order valence-electron chi connectivity index (χ4n) is 2.86. The first-order valence-electron chi connectivity index (χ1n) is 5.61. The number of allylic oxidation sites excluding steroid dienone is 1. The second kappa shape index (κ2) is 3.80. The van der Waals surface area contributed by atoms with E-state index in [-0.39, 0.29) is 23.5 Å². The number of Topliss-reactive ketones (excluding diaryl/α,β-unsaturated/α-hetero) is 1. The molecule has 2 aliphatic carbocycles. The highest BCUT2D eigenvalue weighted by atomic mass is 16.4. The highest BCUT2D eigenvalue weighted by Gasteiger charge is 2.42. The van der Waals surface area contributed by atoms with Gasteiger partial charge in [0, 0.05) is 23.8 Å². The van der Waals surface area contributed by atoms with Crippen LogP contribution in [-0.2, 0) is 9.59 Å². The van der Waals surface area contributed by atoms with Crippen LogP contribution < -0.4 is 0 Å². The van der Waals surface area contributed by atoms with E-state index in [4.69, 9.17) is 5.11 Å². The first-order chi connectivity index (χ1) is 7.13. The highest BCUT2D eigenvalue weighted by Crippen LogP contribution is 2.43. The van der Waals surface area contributed by atoms with Gasteiger partial charge >= 0.3 is 5.97 Å². The summed E-state index contributed by atoms with van der Waals surface area (Å²) in [5.41, 5.74) is 0.490. The molecule has 3 atom stereocenters. The van der Waals surface area contributed by atoms with Crippen LogP contribution in [0.1, 0.15) is 32.6 Å². The molecule has 0 radical (unpaired) electrons. The van der Waals surface area contributed by atoms with E-state index in [2.05, 4.69) is 0 Å². The summed E-state index contributed by atoms with van der Waals surface area (Å²) in [6.07, 6.45) is 4.96. The summed E-state index contributed by atoms with van der Waals surface area (Å²) in [7, 11) is 0. The molecule has 3 nitrogen and oxygen atoms in total. The molecular formula is C12H16O3. The molecule has 15 heavy (non-hydrogen) atoms. The van der Waals surface area contributed by atoms with Gasteiger partial charge in [0.25, 0.3) is 0 Å². The third-order valence-corrected chi connectivity index (χ3v) is 3.74. The molecule has 0 aromatic carbocycles. The van der Waals surface area contributed by atoms with Gasteiger partial charge in [-0.3, -0.25) is 4.79 Å². The van der Waals surface area contributed by atoms with Crippen molar-refractivity contribution < 1.29 is 14.7 Å². The van der Waals surface area contributed by atoms with Crippen LogP contribution in [0.5, 0.6) is 0 Å². The number of ketones is 1. The van der Waals surface area contributed by atoms with Crippen molar-refractivity contribution in [1.29, 1.82) is 0 Å². The van der Waals surface area contributed by atoms with Gasteiger partial charge in [-0.1, -0.05) is 13.0 Å². The van der Waals surface area contributed by atoms with Gasteiger partial charge in [-0.25, -0.2) is 4.79 Å². The zero-order chi connectivity index (χ0) is 11.0. The summed E-state index contributed by atoms with van der Waals surface area (Å²) in [4.78, 5) is 22.7. The number of hydrogen-bond acceptors (Lipinski definition) is 2. The minimum atomic E-state index is -0.835. The van der Waals surface area contributed by atoms with Gasteiger partial charge in [0.15, 0.2) is 0 Å². The number of carbonyl (C=O) groups excluding carboxylic acids is 1. The molecule has 1 N–H and O–H groups in total. The number of hydrogen-bond donors (Lipinski definition) is 1. The summed E-state index contributed by atoms with van der Waals surface area (Å²) in [5.74, 6) is -0.300. The minimum absolute atomic E-state index is 0.00204. The number of carboxylic acids is 1. The monoisotopic (exact) mass is 208 g/mol. The Kier molecular flexibility index (Phi) is 2.63. The normalized spacial score (nSPS) is 34.9. The van der Waals surface area contributed by atoms with Crippen LogP contribution in [0.2, 0.25) is 0 Å². The zero-order valence-electron chi connectivity index (χ0n) is 8.90. The average Bonchev–Trinajstić information content (AvgIpc) is 2.59.